The van der Waals surface area contributed by atoms with Crippen molar-refractivity contribution in [2.75, 3.05) is 31.5 Å². The Kier molecular flexibility index (Phi) is 7.54. The lowest BCUT2D eigenvalue weighted by molar-refractivity contribution is -0.134. The van der Waals surface area contributed by atoms with Gasteiger partial charge in [-0.2, -0.15) is 0 Å². The number of nitrogens with zero attached hydrogens (tertiary/aromatic N) is 5. The molecule has 1 aromatic carbocycles. The third-order valence-electron chi connectivity index (χ3n) is 6.67. The number of anilines is 2. The van der Waals surface area contributed by atoms with E-state index in [9.17, 15) is 9.59 Å². The highest BCUT2D eigenvalue weighted by Crippen LogP contribution is 2.31. The van der Waals surface area contributed by atoms with E-state index in [2.05, 4.69) is 30.3 Å². The fourth-order valence-corrected chi connectivity index (χ4v) is 4.54. The summed E-state index contributed by atoms with van der Waals surface area (Å²) < 4.78 is 0. The van der Waals surface area contributed by atoms with Gasteiger partial charge >= 0.3 is 5.97 Å². The van der Waals surface area contributed by atoms with E-state index in [0.29, 0.717) is 46.6 Å². The van der Waals surface area contributed by atoms with E-state index in [4.69, 9.17) is 10.6 Å². The van der Waals surface area contributed by atoms with Crippen molar-refractivity contribution in [3.63, 3.8) is 0 Å². The molecule has 3 heterocycles. The molecule has 2 fully saturated rings. The number of nitrogens with one attached hydrogen (secondary N) is 2. The number of imidazole rings is 1. The minimum atomic E-state index is -0.588. The summed E-state index contributed by atoms with van der Waals surface area (Å²) >= 11 is 0. The van der Waals surface area contributed by atoms with Crippen LogP contribution in [0.4, 0.5) is 11.8 Å². The van der Waals surface area contributed by atoms with Gasteiger partial charge in [0.1, 0.15) is 11.7 Å². The van der Waals surface area contributed by atoms with Crippen molar-refractivity contribution in [1.82, 2.24) is 24.8 Å². The first-order valence-electron chi connectivity index (χ1n) is 13.1. The topological polar surface area (TPSA) is 142 Å². The van der Waals surface area contributed by atoms with Gasteiger partial charge in [0.2, 0.25) is 11.9 Å². The number of pyridine rings is 1. The number of carbonyl (C=O) groups excluding carboxylic acids is 2. The van der Waals surface area contributed by atoms with Crippen LogP contribution in [0.25, 0.3) is 11.0 Å². The van der Waals surface area contributed by atoms with Crippen molar-refractivity contribution in [3.05, 3.63) is 47.7 Å². The second-order valence-corrected chi connectivity index (χ2v) is 10.4. The Balaban J connectivity index is 1.18. The third kappa shape index (κ3) is 6.46. The minimum absolute atomic E-state index is 0.280. The number of nitrogens with two attached hydrogens (primary N) is 1. The number of piperazine rings is 1. The lowest BCUT2D eigenvalue weighted by Crippen LogP contribution is -2.48. The van der Waals surface area contributed by atoms with E-state index in [1.165, 1.54) is 0 Å². The van der Waals surface area contributed by atoms with Gasteiger partial charge in [-0.1, -0.05) is 19.0 Å². The summed E-state index contributed by atoms with van der Waals surface area (Å²) in [5.41, 5.74) is 8.63. The molecule has 0 bridgehead atoms. The number of aromatic amines is 1. The number of carbonyl (C=O) groups is 2. The van der Waals surface area contributed by atoms with Gasteiger partial charge in [-0.3, -0.25) is 9.69 Å². The molecule has 0 spiro atoms. The molecule has 4 N–H and O–H groups in total. The number of amidine groups is 1. The largest absolute Gasteiger partial charge is 0.384 e. The highest BCUT2D eigenvalue weighted by molar-refractivity contribution is 5.94. The molecule has 38 heavy (non-hydrogen) atoms. The van der Waals surface area contributed by atoms with Crippen LogP contribution < -0.4 is 11.1 Å². The lowest BCUT2D eigenvalue weighted by Gasteiger charge is -2.34. The van der Waals surface area contributed by atoms with Crippen molar-refractivity contribution < 1.29 is 14.4 Å². The van der Waals surface area contributed by atoms with E-state index in [1.54, 1.807) is 24.4 Å². The van der Waals surface area contributed by atoms with Crippen LogP contribution in [-0.2, 0) is 16.2 Å². The predicted octanol–water partition coefficient (Wildman–Crippen LogP) is 3.23. The maximum absolute atomic E-state index is 12.4. The van der Waals surface area contributed by atoms with Crippen LogP contribution in [0.5, 0.6) is 0 Å². The first-order chi connectivity index (χ1) is 18.3. The van der Waals surface area contributed by atoms with Gasteiger partial charge in [0.05, 0.1) is 16.6 Å². The van der Waals surface area contributed by atoms with Gasteiger partial charge in [0, 0.05) is 51.3 Å². The standard InChI is InChI=1S/C27H34N8O3/c1-17(2)13-23(28)33-38-26(37)20-5-6-21-22(15-20)31-27(30-21)32-24-14-18(7-8-29-24)16-34-9-11-35(12-10-34)25(36)19-3-4-19/h5-8,14-15,17,19H,3-4,9-13,16H2,1-2H3,(H2,28,33)(H2,29,30,31,32). The summed E-state index contributed by atoms with van der Waals surface area (Å²) in [6, 6.07) is 9.05. The van der Waals surface area contributed by atoms with Crippen molar-refractivity contribution in [3.8, 4) is 0 Å². The predicted molar refractivity (Wildman–Crippen MR) is 145 cm³/mol. The Morgan fingerprint density at radius 3 is 2.71 bits per heavy atom. The number of benzene rings is 1. The van der Waals surface area contributed by atoms with Gasteiger partial charge in [0.15, 0.2) is 0 Å². The van der Waals surface area contributed by atoms with Gasteiger partial charge in [0.25, 0.3) is 0 Å². The van der Waals surface area contributed by atoms with E-state index < -0.39 is 5.97 Å². The molecule has 1 saturated heterocycles. The van der Waals surface area contributed by atoms with Gasteiger partial charge in [-0.15, -0.1) is 0 Å². The number of hydrogen-bond donors (Lipinski definition) is 3. The molecule has 1 aliphatic carbocycles. The fourth-order valence-electron chi connectivity index (χ4n) is 4.54. The maximum atomic E-state index is 12.4. The normalized spacial score (nSPS) is 16.7. The van der Waals surface area contributed by atoms with Crippen molar-refractivity contribution in [1.29, 1.82) is 0 Å². The molecule has 1 amide bonds. The van der Waals surface area contributed by atoms with Crippen LogP contribution in [0.15, 0.2) is 41.7 Å². The zero-order chi connectivity index (χ0) is 26.6. The number of aromatic nitrogens is 3. The summed E-state index contributed by atoms with van der Waals surface area (Å²) in [4.78, 5) is 46.2. The molecule has 2 aliphatic rings. The van der Waals surface area contributed by atoms with E-state index in [-0.39, 0.29) is 11.8 Å². The number of amides is 1. The minimum Gasteiger partial charge on any atom is -0.384 e. The molecule has 3 aromatic rings. The number of fused-ring (bicyclic) bond motifs is 1. The molecule has 0 atom stereocenters. The monoisotopic (exact) mass is 518 g/mol. The molecule has 0 unspecified atom stereocenters. The van der Waals surface area contributed by atoms with Crippen molar-refractivity contribution in [2.45, 2.75) is 39.7 Å². The molecule has 11 heteroatoms. The molecule has 5 rings (SSSR count). The molecular weight excluding hydrogens is 484 g/mol. The summed E-state index contributed by atoms with van der Waals surface area (Å²) in [6.07, 6.45) is 4.42. The third-order valence-corrected chi connectivity index (χ3v) is 6.67. The van der Waals surface area contributed by atoms with Crippen LogP contribution in [0.2, 0.25) is 0 Å². The quantitative estimate of drug-likeness (QED) is 0.170. The zero-order valence-corrected chi connectivity index (χ0v) is 21.8. The number of H-pyrrole nitrogens is 1. The van der Waals surface area contributed by atoms with Crippen LogP contribution in [0.1, 0.15) is 49.0 Å². The highest BCUT2D eigenvalue weighted by atomic mass is 16.7. The molecule has 2 aromatic heterocycles. The molecule has 1 saturated carbocycles. The smallest absolute Gasteiger partial charge is 0.365 e. The zero-order valence-electron chi connectivity index (χ0n) is 21.8. The van der Waals surface area contributed by atoms with Crippen LogP contribution in [0.3, 0.4) is 0 Å². The second-order valence-electron chi connectivity index (χ2n) is 10.4. The lowest BCUT2D eigenvalue weighted by atomic mass is 10.1. The fraction of sp³-hybridized carbons (Fsp3) is 0.444. The molecule has 11 nitrogen and oxygen atoms in total. The molecule has 0 radical (unpaired) electrons. The Labute approximate surface area is 221 Å². The van der Waals surface area contributed by atoms with Gasteiger partial charge < -0.3 is 25.8 Å². The molecule has 1 aliphatic heterocycles. The van der Waals surface area contributed by atoms with Crippen molar-refractivity contribution >= 4 is 40.5 Å². The van der Waals surface area contributed by atoms with Crippen LogP contribution >= 0.6 is 0 Å². The SMILES string of the molecule is CC(C)CC(N)=NOC(=O)c1ccc2nc(Nc3cc(CN4CCN(C(=O)C5CC5)CC4)ccn3)[nH]c2c1. The average molecular weight is 519 g/mol. The van der Waals surface area contributed by atoms with E-state index in [0.717, 1.165) is 51.1 Å². The first kappa shape index (κ1) is 25.7. The number of hydrogen-bond acceptors (Lipinski definition) is 8. The van der Waals surface area contributed by atoms with E-state index >= 15 is 0 Å². The number of oxime groups is 1. The first-order valence-corrected chi connectivity index (χ1v) is 13.1. The molecular formula is C27H34N8O3. The Hall–Kier alpha value is -3.99. The summed E-state index contributed by atoms with van der Waals surface area (Å²) in [5, 5.41) is 6.95. The number of rotatable bonds is 9. The Morgan fingerprint density at radius 2 is 1.97 bits per heavy atom. The summed E-state index contributed by atoms with van der Waals surface area (Å²) in [5.74, 6) is 1.80. The maximum Gasteiger partial charge on any atom is 0.365 e. The Bertz CT molecular complexity index is 1340. The summed E-state index contributed by atoms with van der Waals surface area (Å²) in [6.45, 7) is 8.12. The highest BCUT2D eigenvalue weighted by Gasteiger charge is 2.34. The van der Waals surface area contributed by atoms with Crippen LogP contribution in [-0.4, -0.2) is 68.6 Å². The van der Waals surface area contributed by atoms with Gasteiger partial charge in [-0.25, -0.2) is 14.8 Å². The second kappa shape index (κ2) is 11.2. The van der Waals surface area contributed by atoms with Gasteiger partial charge in [-0.05, 0) is 54.7 Å². The van der Waals surface area contributed by atoms with Crippen LogP contribution in [0, 0.1) is 11.8 Å². The van der Waals surface area contributed by atoms with Crippen molar-refractivity contribution in [2.24, 2.45) is 22.7 Å². The average Bonchev–Trinajstić information content (AvgIpc) is 3.67. The molecule has 200 valence electrons. The summed E-state index contributed by atoms with van der Waals surface area (Å²) in [7, 11) is 0. The van der Waals surface area contributed by atoms with E-state index in [1.807, 2.05) is 30.9 Å². The Morgan fingerprint density at radius 1 is 1.18 bits per heavy atom.